The van der Waals surface area contributed by atoms with Crippen LogP contribution in [-0.2, 0) is 9.59 Å². The van der Waals surface area contributed by atoms with Gasteiger partial charge in [-0.05, 0) is 50.0 Å². The summed E-state index contributed by atoms with van der Waals surface area (Å²) in [6.45, 7) is 0. The third-order valence-corrected chi connectivity index (χ3v) is 5.03. The van der Waals surface area contributed by atoms with Gasteiger partial charge in [-0.1, -0.05) is 30.3 Å². The Morgan fingerprint density at radius 3 is 2.24 bits per heavy atom. The predicted octanol–water partition coefficient (Wildman–Crippen LogP) is 2.79. The molecule has 1 N–H and O–H groups in total. The Morgan fingerprint density at radius 2 is 1.76 bits per heavy atom. The molecular weight excluding hydrogens is 266 g/mol. The Bertz CT molecular complexity index is 516. The molecule has 2 aliphatic carbocycles. The molecule has 0 radical (unpaired) electrons. The van der Waals surface area contributed by atoms with Crippen LogP contribution in [0.15, 0.2) is 30.3 Å². The van der Waals surface area contributed by atoms with Gasteiger partial charge in [0.1, 0.15) is 5.54 Å². The Hall–Kier alpha value is -1.84. The van der Waals surface area contributed by atoms with E-state index in [2.05, 4.69) is 12.1 Å². The van der Waals surface area contributed by atoms with E-state index < -0.39 is 11.5 Å². The first-order chi connectivity index (χ1) is 10.2. The highest BCUT2D eigenvalue weighted by atomic mass is 16.4. The molecule has 0 aromatic heterocycles. The van der Waals surface area contributed by atoms with Crippen LogP contribution < -0.4 is 0 Å². The highest BCUT2D eigenvalue weighted by molar-refractivity contribution is 5.82. The van der Waals surface area contributed by atoms with Crippen LogP contribution in [0.3, 0.4) is 0 Å². The molecule has 0 saturated heterocycles. The lowest BCUT2D eigenvalue weighted by Gasteiger charge is -2.43. The van der Waals surface area contributed by atoms with Crippen molar-refractivity contribution in [1.82, 2.24) is 4.90 Å². The minimum atomic E-state index is -0.978. The number of nitrogens with zero attached hydrogens (tertiary/aromatic N) is 1. The smallest absolute Gasteiger partial charge is 0.329 e. The highest BCUT2D eigenvalue weighted by Crippen LogP contribution is 2.44. The summed E-state index contributed by atoms with van der Waals surface area (Å²) >= 11 is 0. The van der Waals surface area contributed by atoms with E-state index in [0.717, 1.165) is 32.1 Å². The minimum absolute atomic E-state index is 0.145. The normalized spacial score (nSPS) is 28.9. The lowest BCUT2D eigenvalue weighted by atomic mass is 9.73. The second-order valence-electron chi connectivity index (χ2n) is 6.27. The number of hydrogen-bond acceptors (Lipinski definition) is 2. The van der Waals surface area contributed by atoms with E-state index >= 15 is 0 Å². The van der Waals surface area contributed by atoms with Crippen molar-refractivity contribution in [2.24, 2.45) is 0 Å². The SMILES string of the molecule is O=CN(C1CC1)C1(C(=O)O)CCC(c2ccccc2)CC1. The molecular formula is C17H21NO3. The molecule has 0 unspecified atom stereocenters. The lowest BCUT2D eigenvalue weighted by Crippen LogP contribution is -2.56. The van der Waals surface area contributed by atoms with E-state index in [1.807, 2.05) is 18.2 Å². The van der Waals surface area contributed by atoms with E-state index in [1.54, 1.807) is 4.90 Å². The first kappa shape index (κ1) is 14.1. The van der Waals surface area contributed by atoms with Gasteiger partial charge in [0.25, 0.3) is 0 Å². The molecule has 0 bridgehead atoms. The molecule has 0 atom stereocenters. The summed E-state index contributed by atoms with van der Waals surface area (Å²) in [4.78, 5) is 24.9. The summed E-state index contributed by atoms with van der Waals surface area (Å²) in [5, 5.41) is 9.72. The van der Waals surface area contributed by atoms with Crippen molar-refractivity contribution in [1.29, 1.82) is 0 Å². The van der Waals surface area contributed by atoms with Crippen molar-refractivity contribution in [3.8, 4) is 0 Å². The van der Waals surface area contributed by atoms with E-state index in [-0.39, 0.29) is 6.04 Å². The Labute approximate surface area is 124 Å². The first-order valence-corrected chi connectivity index (χ1v) is 7.69. The fourth-order valence-electron chi connectivity index (χ4n) is 3.63. The van der Waals surface area contributed by atoms with E-state index in [1.165, 1.54) is 5.56 Å². The molecule has 1 aromatic rings. The third-order valence-electron chi connectivity index (χ3n) is 5.03. The molecule has 4 nitrogen and oxygen atoms in total. The van der Waals surface area contributed by atoms with Gasteiger partial charge in [0.2, 0.25) is 6.41 Å². The van der Waals surface area contributed by atoms with Crippen molar-refractivity contribution in [3.05, 3.63) is 35.9 Å². The van der Waals surface area contributed by atoms with E-state index in [9.17, 15) is 14.7 Å². The Balaban J connectivity index is 1.77. The molecule has 2 fully saturated rings. The number of carboxylic acids is 1. The van der Waals surface area contributed by atoms with Crippen molar-refractivity contribution in [3.63, 3.8) is 0 Å². The van der Waals surface area contributed by atoms with Gasteiger partial charge in [-0.3, -0.25) is 4.79 Å². The maximum Gasteiger partial charge on any atom is 0.329 e. The standard InChI is InChI=1S/C17H21NO3/c19-12-18(15-6-7-15)17(16(20)21)10-8-14(9-11-17)13-4-2-1-3-5-13/h1-5,12,14-15H,6-11H2,(H,20,21). The molecule has 0 aliphatic heterocycles. The van der Waals surface area contributed by atoms with Crippen molar-refractivity contribution in [2.75, 3.05) is 0 Å². The van der Waals surface area contributed by atoms with Crippen molar-refractivity contribution < 1.29 is 14.7 Å². The molecule has 21 heavy (non-hydrogen) atoms. The summed E-state index contributed by atoms with van der Waals surface area (Å²) in [5.74, 6) is -0.431. The summed E-state index contributed by atoms with van der Waals surface area (Å²) in [7, 11) is 0. The number of amides is 1. The molecule has 0 heterocycles. The maximum absolute atomic E-state index is 11.9. The van der Waals surface area contributed by atoms with E-state index in [4.69, 9.17) is 0 Å². The van der Waals surface area contributed by atoms with Crippen LogP contribution in [-0.4, -0.2) is 34.0 Å². The average Bonchev–Trinajstić information content (AvgIpc) is 3.34. The van der Waals surface area contributed by atoms with Crippen LogP contribution in [0.5, 0.6) is 0 Å². The summed E-state index contributed by atoms with van der Waals surface area (Å²) < 4.78 is 0. The average molecular weight is 287 g/mol. The monoisotopic (exact) mass is 287 g/mol. The van der Waals surface area contributed by atoms with Gasteiger partial charge in [0.05, 0.1) is 0 Å². The van der Waals surface area contributed by atoms with Crippen LogP contribution >= 0.6 is 0 Å². The number of carbonyl (C=O) groups excluding carboxylic acids is 1. The number of aliphatic carboxylic acids is 1. The maximum atomic E-state index is 11.9. The molecule has 2 aliphatic rings. The van der Waals surface area contributed by atoms with Crippen molar-refractivity contribution >= 4 is 12.4 Å². The van der Waals surface area contributed by atoms with Crippen LogP contribution in [0.1, 0.15) is 50.0 Å². The lowest BCUT2D eigenvalue weighted by molar-refractivity contribution is -0.158. The number of carboxylic acid groups (broad SMARTS) is 1. The quantitative estimate of drug-likeness (QED) is 0.847. The second kappa shape index (κ2) is 5.51. The second-order valence-corrected chi connectivity index (χ2v) is 6.27. The largest absolute Gasteiger partial charge is 0.479 e. The fourth-order valence-corrected chi connectivity index (χ4v) is 3.63. The fraction of sp³-hybridized carbons (Fsp3) is 0.529. The van der Waals surface area contributed by atoms with Crippen molar-refractivity contribution in [2.45, 2.75) is 56.0 Å². The predicted molar refractivity (Wildman–Crippen MR) is 78.9 cm³/mol. The summed E-state index contributed by atoms with van der Waals surface area (Å²) in [5.41, 5.74) is 0.300. The van der Waals surface area contributed by atoms with Gasteiger partial charge in [-0.15, -0.1) is 0 Å². The molecule has 3 rings (SSSR count). The minimum Gasteiger partial charge on any atom is -0.479 e. The zero-order valence-electron chi connectivity index (χ0n) is 12.1. The third kappa shape index (κ3) is 2.55. The van der Waals surface area contributed by atoms with Gasteiger partial charge < -0.3 is 10.0 Å². The van der Waals surface area contributed by atoms with Crippen LogP contribution in [0.25, 0.3) is 0 Å². The van der Waals surface area contributed by atoms with E-state index in [0.29, 0.717) is 18.8 Å². The topological polar surface area (TPSA) is 57.6 Å². The molecule has 1 amide bonds. The van der Waals surface area contributed by atoms with Gasteiger partial charge >= 0.3 is 5.97 Å². The number of benzene rings is 1. The Kier molecular flexibility index (Phi) is 3.70. The number of carbonyl (C=O) groups is 2. The summed E-state index contributed by atoms with van der Waals surface area (Å²) in [6, 6.07) is 10.4. The summed E-state index contributed by atoms with van der Waals surface area (Å²) in [6.07, 6.45) is 5.40. The molecule has 0 spiro atoms. The molecule has 4 heteroatoms. The van der Waals surface area contributed by atoms with Crippen LogP contribution in [0, 0.1) is 0 Å². The van der Waals surface area contributed by atoms with Gasteiger partial charge in [0.15, 0.2) is 0 Å². The highest BCUT2D eigenvalue weighted by Gasteiger charge is 2.51. The van der Waals surface area contributed by atoms with Crippen LogP contribution in [0.2, 0.25) is 0 Å². The van der Waals surface area contributed by atoms with Gasteiger partial charge in [0, 0.05) is 6.04 Å². The van der Waals surface area contributed by atoms with Gasteiger partial charge in [-0.25, -0.2) is 4.79 Å². The first-order valence-electron chi connectivity index (χ1n) is 7.69. The molecule has 2 saturated carbocycles. The molecule has 1 aromatic carbocycles. The zero-order chi connectivity index (χ0) is 14.9. The van der Waals surface area contributed by atoms with Gasteiger partial charge in [-0.2, -0.15) is 0 Å². The zero-order valence-corrected chi connectivity index (χ0v) is 12.1. The number of hydrogen-bond donors (Lipinski definition) is 1. The molecule has 112 valence electrons. The Morgan fingerprint density at radius 1 is 1.14 bits per heavy atom. The van der Waals surface area contributed by atoms with Crippen LogP contribution in [0.4, 0.5) is 0 Å². The number of rotatable bonds is 5.